The molecule has 1 amide bonds. The van der Waals surface area contributed by atoms with E-state index in [1.807, 2.05) is 32.0 Å². The van der Waals surface area contributed by atoms with Gasteiger partial charge in [-0.3, -0.25) is 14.2 Å². The quantitative estimate of drug-likeness (QED) is 0.369. The summed E-state index contributed by atoms with van der Waals surface area (Å²) >= 11 is 2.49. The Bertz CT molecular complexity index is 1290. The summed E-state index contributed by atoms with van der Waals surface area (Å²) in [5.41, 5.74) is 3.41. The molecule has 11 heteroatoms. The van der Waals surface area contributed by atoms with Crippen molar-refractivity contribution in [1.29, 1.82) is 0 Å². The fourth-order valence-electron chi connectivity index (χ4n) is 3.48. The van der Waals surface area contributed by atoms with Crippen molar-refractivity contribution in [3.05, 3.63) is 69.6 Å². The van der Waals surface area contributed by atoms with Crippen LogP contribution in [0.1, 0.15) is 16.8 Å². The van der Waals surface area contributed by atoms with Crippen molar-refractivity contribution >= 4 is 35.1 Å². The third-order valence-corrected chi connectivity index (χ3v) is 7.03. The Hall–Kier alpha value is -2.92. The SMILES string of the molecule is Cc1ccc(NC(=O)CSc2nc3c(c(=O)n2-c2ccc(OC(F)(F)F)cc2)SCC3)c(C)c1. The lowest BCUT2D eigenvalue weighted by Gasteiger charge is -2.15. The number of hydrogen-bond donors (Lipinski definition) is 1. The normalized spacial score (nSPS) is 13.0. The minimum atomic E-state index is -4.81. The Balaban J connectivity index is 1.59. The highest BCUT2D eigenvalue weighted by atomic mass is 32.2. The minimum absolute atomic E-state index is 0.000947. The first-order valence-corrected chi connectivity index (χ1v) is 12.2. The summed E-state index contributed by atoms with van der Waals surface area (Å²) in [5.74, 6) is 0.0643. The van der Waals surface area contributed by atoms with Gasteiger partial charge in [0.05, 0.1) is 22.0 Å². The van der Waals surface area contributed by atoms with E-state index in [9.17, 15) is 22.8 Å². The van der Waals surface area contributed by atoms with Gasteiger partial charge in [0.2, 0.25) is 5.91 Å². The van der Waals surface area contributed by atoms with E-state index in [4.69, 9.17) is 0 Å². The van der Waals surface area contributed by atoms with E-state index in [0.29, 0.717) is 33.5 Å². The van der Waals surface area contributed by atoms with Gasteiger partial charge in [-0.1, -0.05) is 29.5 Å². The number of rotatable bonds is 6. The van der Waals surface area contributed by atoms with Crippen LogP contribution in [0.5, 0.6) is 5.75 Å². The molecule has 1 N–H and O–H groups in total. The van der Waals surface area contributed by atoms with Gasteiger partial charge in [0, 0.05) is 17.9 Å². The maximum Gasteiger partial charge on any atom is 0.573 e. The number of hydrogen-bond acceptors (Lipinski definition) is 6. The number of carbonyl (C=O) groups is 1. The summed E-state index contributed by atoms with van der Waals surface area (Å²) in [4.78, 5) is 30.9. The zero-order chi connectivity index (χ0) is 24.5. The molecular weight excluding hydrogens is 487 g/mol. The zero-order valence-electron chi connectivity index (χ0n) is 18.2. The Morgan fingerprint density at radius 1 is 1.21 bits per heavy atom. The van der Waals surface area contributed by atoms with Gasteiger partial charge < -0.3 is 10.1 Å². The number of aromatic nitrogens is 2. The topological polar surface area (TPSA) is 73.2 Å². The molecule has 1 aliphatic rings. The number of anilines is 1. The van der Waals surface area contributed by atoms with E-state index >= 15 is 0 Å². The van der Waals surface area contributed by atoms with Crippen LogP contribution in [0.3, 0.4) is 0 Å². The van der Waals surface area contributed by atoms with Crippen molar-refractivity contribution in [1.82, 2.24) is 9.55 Å². The highest BCUT2D eigenvalue weighted by molar-refractivity contribution is 8.00. The van der Waals surface area contributed by atoms with Crippen molar-refractivity contribution in [2.24, 2.45) is 0 Å². The van der Waals surface area contributed by atoms with E-state index in [1.54, 1.807) is 0 Å². The third kappa shape index (κ3) is 5.58. The predicted molar refractivity (Wildman–Crippen MR) is 126 cm³/mol. The van der Waals surface area contributed by atoms with Gasteiger partial charge in [-0.15, -0.1) is 24.9 Å². The Kier molecular flexibility index (Phi) is 6.94. The van der Waals surface area contributed by atoms with Crippen LogP contribution in [0, 0.1) is 13.8 Å². The number of thioether (sulfide) groups is 2. The van der Waals surface area contributed by atoms with Crippen LogP contribution in [-0.2, 0) is 11.2 Å². The van der Waals surface area contributed by atoms with Gasteiger partial charge >= 0.3 is 6.36 Å². The number of amides is 1. The molecule has 0 saturated carbocycles. The highest BCUT2D eigenvalue weighted by Crippen LogP contribution is 2.31. The molecule has 2 aromatic carbocycles. The van der Waals surface area contributed by atoms with Gasteiger partial charge in [0.1, 0.15) is 5.75 Å². The molecule has 6 nitrogen and oxygen atoms in total. The molecule has 0 aliphatic carbocycles. The van der Waals surface area contributed by atoms with Crippen molar-refractivity contribution in [2.45, 2.75) is 36.7 Å². The average Bonchev–Trinajstić information content (AvgIpc) is 3.23. The molecule has 0 spiro atoms. The number of ether oxygens (including phenoxy) is 1. The molecule has 0 atom stereocenters. The van der Waals surface area contributed by atoms with Gasteiger partial charge in [-0.05, 0) is 49.7 Å². The Morgan fingerprint density at radius 3 is 2.62 bits per heavy atom. The lowest BCUT2D eigenvalue weighted by molar-refractivity contribution is -0.274. The van der Waals surface area contributed by atoms with Crippen LogP contribution in [0.4, 0.5) is 18.9 Å². The molecule has 2 heterocycles. The summed E-state index contributed by atoms with van der Waals surface area (Å²) in [6, 6.07) is 10.7. The predicted octanol–water partition coefficient (Wildman–Crippen LogP) is 5.13. The van der Waals surface area contributed by atoms with Crippen molar-refractivity contribution in [3.8, 4) is 11.4 Å². The van der Waals surface area contributed by atoms with E-state index in [0.717, 1.165) is 40.8 Å². The van der Waals surface area contributed by atoms with E-state index < -0.39 is 12.1 Å². The molecule has 178 valence electrons. The van der Waals surface area contributed by atoms with E-state index in [-0.39, 0.29) is 17.2 Å². The first-order chi connectivity index (χ1) is 16.1. The first-order valence-electron chi connectivity index (χ1n) is 10.3. The largest absolute Gasteiger partial charge is 0.573 e. The molecule has 1 aliphatic heterocycles. The number of aryl methyl sites for hydroxylation is 3. The Morgan fingerprint density at radius 2 is 1.94 bits per heavy atom. The van der Waals surface area contributed by atoms with Crippen LogP contribution in [0.2, 0.25) is 0 Å². The van der Waals surface area contributed by atoms with Gasteiger partial charge in [0.25, 0.3) is 5.56 Å². The molecule has 0 bridgehead atoms. The number of nitrogens with zero attached hydrogens (tertiary/aromatic N) is 2. The second kappa shape index (κ2) is 9.75. The molecule has 0 saturated heterocycles. The maximum absolute atomic E-state index is 13.2. The van der Waals surface area contributed by atoms with Gasteiger partial charge in [0.15, 0.2) is 5.16 Å². The number of carbonyl (C=O) groups excluding carboxylic acids is 1. The fraction of sp³-hybridized carbons (Fsp3) is 0.261. The van der Waals surface area contributed by atoms with Crippen molar-refractivity contribution in [2.75, 3.05) is 16.8 Å². The van der Waals surface area contributed by atoms with E-state index in [2.05, 4.69) is 15.0 Å². The molecule has 3 aromatic rings. The third-order valence-electron chi connectivity index (χ3n) is 4.98. The minimum Gasteiger partial charge on any atom is -0.406 e. The Labute approximate surface area is 201 Å². The summed E-state index contributed by atoms with van der Waals surface area (Å²) in [6.45, 7) is 3.87. The molecule has 0 fully saturated rings. The summed E-state index contributed by atoms with van der Waals surface area (Å²) < 4.78 is 42.7. The number of halogens is 3. The van der Waals surface area contributed by atoms with Gasteiger partial charge in [-0.25, -0.2) is 4.98 Å². The van der Waals surface area contributed by atoms with Crippen molar-refractivity contribution in [3.63, 3.8) is 0 Å². The van der Waals surface area contributed by atoms with Gasteiger partial charge in [-0.2, -0.15) is 0 Å². The zero-order valence-corrected chi connectivity index (χ0v) is 19.9. The number of fused-ring (bicyclic) bond motifs is 1. The second-order valence-electron chi connectivity index (χ2n) is 7.61. The number of nitrogens with one attached hydrogen (secondary N) is 1. The average molecular weight is 508 g/mol. The summed E-state index contributed by atoms with van der Waals surface area (Å²) in [6.07, 6.45) is -4.18. The monoisotopic (exact) mass is 507 g/mol. The second-order valence-corrected chi connectivity index (χ2v) is 9.65. The molecule has 0 radical (unpaired) electrons. The molecule has 34 heavy (non-hydrogen) atoms. The lowest BCUT2D eigenvalue weighted by Crippen LogP contribution is -2.25. The van der Waals surface area contributed by atoms with Crippen LogP contribution in [0.15, 0.2) is 57.3 Å². The van der Waals surface area contributed by atoms with Crippen LogP contribution >= 0.6 is 23.5 Å². The lowest BCUT2D eigenvalue weighted by atomic mass is 10.1. The molecule has 4 rings (SSSR count). The summed E-state index contributed by atoms with van der Waals surface area (Å²) in [7, 11) is 0. The van der Waals surface area contributed by atoms with Crippen LogP contribution in [0.25, 0.3) is 5.69 Å². The van der Waals surface area contributed by atoms with E-state index in [1.165, 1.54) is 28.5 Å². The number of benzene rings is 2. The molecule has 0 unspecified atom stereocenters. The summed E-state index contributed by atoms with van der Waals surface area (Å²) in [5, 5.41) is 3.16. The smallest absolute Gasteiger partial charge is 0.406 e. The highest BCUT2D eigenvalue weighted by Gasteiger charge is 2.31. The standard InChI is InChI=1S/C23H20F3N3O3S2/c1-13-3-8-17(14(2)11-13)27-19(30)12-34-22-28-18-9-10-33-20(18)21(31)29(22)15-4-6-16(7-5-15)32-23(24,25)26/h3-8,11H,9-10,12H2,1-2H3,(H,27,30). The van der Waals surface area contributed by atoms with Crippen molar-refractivity contribution < 1.29 is 22.7 Å². The first kappa shape index (κ1) is 24.2. The maximum atomic E-state index is 13.2. The van der Waals surface area contributed by atoms with Crippen LogP contribution < -0.4 is 15.6 Å². The molecular formula is C23H20F3N3O3S2. The van der Waals surface area contributed by atoms with Crippen LogP contribution in [-0.4, -0.2) is 33.3 Å². The number of alkyl halides is 3. The molecule has 1 aromatic heterocycles. The fourth-order valence-corrected chi connectivity index (χ4v) is 5.34.